The molecule has 3 N–H and O–H groups in total. The zero-order valence-corrected chi connectivity index (χ0v) is 31.6. The summed E-state index contributed by atoms with van der Waals surface area (Å²) in [4.78, 5) is 74.5. The molecule has 0 spiro atoms. The van der Waals surface area contributed by atoms with Crippen LogP contribution >= 0.6 is 0 Å². The largest absolute Gasteiger partial charge is 0.448 e. The lowest BCUT2D eigenvalue weighted by Gasteiger charge is -2.19. The average molecular weight is 740 g/mol. The average Bonchev–Trinajstić information content (AvgIpc) is 3.98. The molecule has 1 aliphatic rings. The molecule has 3 aromatic rings. The molecule has 0 bridgehead atoms. The molecule has 1 atom stereocenters. The highest BCUT2D eigenvalue weighted by Gasteiger charge is 2.27. The number of unbranched alkanes of at least 4 members (excludes halogenated alkanes) is 3. The number of rotatable bonds is 17. The van der Waals surface area contributed by atoms with Crippen LogP contribution in [-0.4, -0.2) is 79.1 Å². The molecular weight excluding hydrogens is 690 g/mol. The number of amides is 3. The predicted molar refractivity (Wildman–Crippen MR) is 205 cm³/mol. The summed E-state index contributed by atoms with van der Waals surface area (Å²) >= 11 is 0. The normalized spacial score (nSPS) is 13.0. The van der Waals surface area contributed by atoms with Crippen LogP contribution in [0.1, 0.15) is 106 Å². The van der Waals surface area contributed by atoms with Crippen LogP contribution in [-0.2, 0) is 20.6 Å². The summed E-state index contributed by atoms with van der Waals surface area (Å²) in [5.41, 5.74) is 9.32. The van der Waals surface area contributed by atoms with Crippen molar-refractivity contribution in [1.29, 1.82) is 0 Å². The van der Waals surface area contributed by atoms with Gasteiger partial charge in [0.25, 0.3) is 5.91 Å². The predicted octanol–water partition coefficient (Wildman–Crippen LogP) is 6.89. The van der Waals surface area contributed by atoms with Gasteiger partial charge in [0.05, 0.1) is 6.61 Å². The molecule has 13 heteroatoms. The van der Waals surface area contributed by atoms with Crippen molar-refractivity contribution >= 4 is 41.8 Å². The lowest BCUT2D eigenvalue weighted by molar-refractivity contribution is -0.0668. The first-order valence-electron chi connectivity index (χ1n) is 18.1. The van der Waals surface area contributed by atoms with Crippen LogP contribution in [0.4, 0.5) is 9.59 Å². The number of pyridine rings is 1. The molecule has 1 aliphatic carbocycles. The Bertz CT molecular complexity index is 1900. The maximum Gasteiger partial charge on any atom is 0.435 e. The van der Waals surface area contributed by atoms with E-state index in [1.807, 2.05) is 6.92 Å². The maximum atomic E-state index is 14.1. The molecule has 0 radical (unpaired) electrons. The molecule has 1 aromatic heterocycles. The van der Waals surface area contributed by atoms with Gasteiger partial charge in [-0.25, -0.2) is 19.4 Å². The number of Topliss-reactive ketones (excluding diaryl/α,β-unsaturated/α-hetero) is 1. The molecule has 1 saturated carbocycles. The first-order chi connectivity index (χ1) is 25.8. The van der Waals surface area contributed by atoms with Crippen molar-refractivity contribution in [2.45, 2.75) is 72.0 Å². The highest BCUT2D eigenvalue weighted by atomic mass is 16.7. The zero-order valence-electron chi connectivity index (χ0n) is 31.6. The molecule has 1 unspecified atom stereocenters. The van der Waals surface area contributed by atoms with Crippen LogP contribution < -0.4 is 11.1 Å². The zero-order chi connectivity index (χ0) is 39.4. The molecule has 3 amide bonds. The van der Waals surface area contributed by atoms with Gasteiger partial charge < -0.3 is 30.2 Å². The molecule has 0 saturated heterocycles. The van der Waals surface area contributed by atoms with Gasteiger partial charge in [-0.05, 0) is 72.6 Å². The topological polar surface area (TPSA) is 180 Å². The number of aliphatic imine (C=N–C) groups is 1. The number of ketones is 1. The van der Waals surface area contributed by atoms with Gasteiger partial charge in [0.15, 0.2) is 11.5 Å². The second-order valence-corrected chi connectivity index (χ2v) is 13.4. The first kappa shape index (κ1) is 40.9. The first-order valence-corrected chi connectivity index (χ1v) is 18.1. The Morgan fingerprint density at radius 1 is 1.02 bits per heavy atom. The lowest BCUT2D eigenvalue weighted by Crippen LogP contribution is -2.30. The SMILES string of the molecule is C=Cc1cc(C(=O)Cc2ccc(C(N)=NC(=O)OCCCCCC)cc2)c(-c2ccc(C(=O)NCC3CC3)nc2C(=O)OC(C)OC(=O)N(C)C)cc1C. The van der Waals surface area contributed by atoms with Crippen LogP contribution in [0.25, 0.3) is 17.2 Å². The Hall–Kier alpha value is -5.85. The molecular formula is C41H49N5O8. The van der Waals surface area contributed by atoms with Gasteiger partial charge in [-0.2, -0.15) is 4.99 Å². The van der Waals surface area contributed by atoms with Crippen LogP contribution in [0.2, 0.25) is 0 Å². The van der Waals surface area contributed by atoms with Crippen molar-refractivity contribution in [1.82, 2.24) is 15.2 Å². The number of aryl methyl sites for hydroxylation is 1. The third-order valence-corrected chi connectivity index (χ3v) is 8.74. The maximum absolute atomic E-state index is 14.1. The fourth-order valence-corrected chi connectivity index (χ4v) is 5.44. The number of carbonyl (C=O) groups excluding carboxylic acids is 5. The minimum absolute atomic E-state index is 0.00902. The van der Waals surface area contributed by atoms with Crippen LogP contribution in [0.15, 0.2) is 60.1 Å². The lowest BCUT2D eigenvalue weighted by atomic mass is 9.89. The number of hydrogen-bond donors (Lipinski definition) is 2. The monoisotopic (exact) mass is 739 g/mol. The highest BCUT2D eigenvalue weighted by molar-refractivity contribution is 6.07. The number of ether oxygens (including phenoxy) is 3. The van der Waals surface area contributed by atoms with Crippen molar-refractivity contribution in [3.05, 3.63) is 94.3 Å². The number of benzene rings is 2. The molecule has 0 aliphatic heterocycles. The molecule has 13 nitrogen and oxygen atoms in total. The number of nitrogens with two attached hydrogens (primary N) is 1. The van der Waals surface area contributed by atoms with Gasteiger partial charge in [-0.15, -0.1) is 0 Å². The van der Waals surface area contributed by atoms with Crippen molar-refractivity contribution in [2.75, 3.05) is 27.2 Å². The Balaban J connectivity index is 1.63. The van der Waals surface area contributed by atoms with Gasteiger partial charge in [0.1, 0.15) is 11.5 Å². The van der Waals surface area contributed by atoms with Gasteiger partial charge in [0, 0.05) is 50.7 Å². The van der Waals surface area contributed by atoms with Gasteiger partial charge in [-0.3, -0.25) is 9.59 Å². The minimum atomic E-state index is -1.29. The standard InChI is InChI=1S/C41H49N5O8/c1-7-9-10-11-20-52-40(50)45-37(42)30-16-14-27(15-17-30)22-35(47)33-23-29(8-2)25(3)21-32(33)31-18-19-34(38(48)43-24-28-12-13-28)44-36(31)39(49)53-26(4)54-41(51)46(5)6/h8,14-19,21,23,26,28H,2,7,9-13,20,22,24H2,1,3-6H3,(H,43,48)(H2,42,45,50). The van der Waals surface area contributed by atoms with E-state index in [-0.39, 0.29) is 47.2 Å². The Kier molecular flexibility index (Phi) is 14.6. The van der Waals surface area contributed by atoms with E-state index in [0.29, 0.717) is 34.7 Å². The number of hydrogen-bond acceptors (Lipinski definition) is 9. The molecule has 286 valence electrons. The van der Waals surface area contributed by atoms with E-state index < -0.39 is 30.4 Å². The fourth-order valence-electron chi connectivity index (χ4n) is 5.44. The van der Waals surface area contributed by atoms with Crippen LogP contribution in [0.3, 0.4) is 0 Å². The summed E-state index contributed by atoms with van der Waals surface area (Å²) in [5.74, 6) is -1.30. The third kappa shape index (κ3) is 11.6. The third-order valence-electron chi connectivity index (χ3n) is 8.74. The van der Waals surface area contributed by atoms with Gasteiger partial charge in [-0.1, -0.05) is 69.2 Å². The van der Waals surface area contributed by atoms with E-state index in [9.17, 15) is 24.0 Å². The number of amidine groups is 1. The number of nitrogens with one attached hydrogen (secondary N) is 1. The number of esters is 1. The number of aromatic nitrogens is 1. The summed E-state index contributed by atoms with van der Waals surface area (Å²) in [5, 5.41) is 2.85. The number of carbonyl (C=O) groups is 5. The summed E-state index contributed by atoms with van der Waals surface area (Å²) in [6.07, 6.45) is 4.75. The molecule has 1 fully saturated rings. The quantitative estimate of drug-likeness (QED) is 0.0370. The molecule has 2 aromatic carbocycles. The Labute approximate surface area is 316 Å². The molecule has 54 heavy (non-hydrogen) atoms. The van der Waals surface area contributed by atoms with Crippen LogP contribution in [0.5, 0.6) is 0 Å². The highest BCUT2D eigenvalue weighted by Crippen LogP contribution is 2.32. The Morgan fingerprint density at radius 2 is 1.74 bits per heavy atom. The van der Waals surface area contributed by atoms with E-state index in [4.69, 9.17) is 19.9 Å². The van der Waals surface area contributed by atoms with Crippen LogP contribution in [0, 0.1) is 12.8 Å². The second kappa shape index (κ2) is 19.3. The minimum Gasteiger partial charge on any atom is -0.448 e. The molecule has 4 rings (SSSR count). The Morgan fingerprint density at radius 3 is 2.39 bits per heavy atom. The van der Waals surface area contributed by atoms with Gasteiger partial charge >= 0.3 is 18.2 Å². The van der Waals surface area contributed by atoms with Crippen molar-refractivity contribution in [2.24, 2.45) is 16.6 Å². The van der Waals surface area contributed by atoms with Crippen molar-refractivity contribution in [3.63, 3.8) is 0 Å². The van der Waals surface area contributed by atoms with E-state index >= 15 is 0 Å². The van der Waals surface area contributed by atoms with E-state index in [1.54, 1.807) is 48.5 Å². The summed E-state index contributed by atoms with van der Waals surface area (Å²) in [6, 6.07) is 13.2. The van der Waals surface area contributed by atoms with E-state index in [1.165, 1.54) is 32.0 Å². The van der Waals surface area contributed by atoms with E-state index in [2.05, 4.69) is 28.8 Å². The second-order valence-electron chi connectivity index (χ2n) is 13.4. The summed E-state index contributed by atoms with van der Waals surface area (Å²) in [6.45, 7) is 9.98. The van der Waals surface area contributed by atoms with Crippen molar-refractivity contribution in [3.8, 4) is 11.1 Å². The van der Waals surface area contributed by atoms with Crippen molar-refractivity contribution < 1.29 is 38.2 Å². The smallest absolute Gasteiger partial charge is 0.435 e. The van der Waals surface area contributed by atoms with E-state index in [0.717, 1.165) is 44.1 Å². The summed E-state index contributed by atoms with van der Waals surface area (Å²) < 4.78 is 15.8. The summed E-state index contributed by atoms with van der Waals surface area (Å²) in [7, 11) is 2.98. The van der Waals surface area contributed by atoms with Gasteiger partial charge in [0.2, 0.25) is 6.29 Å². The fraction of sp³-hybridized carbons (Fsp3) is 0.390. The number of nitrogens with zero attached hydrogens (tertiary/aromatic N) is 3. The molecule has 1 heterocycles.